The van der Waals surface area contributed by atoms with Crippen molar-refractivity contribution in [2.45, 2.75) is 26.2 Å². The summed E-state index contributed by atoms with van der Waals surface area (Å²) in [7, 11) is 0. The highest BCUT2D eigenvalue weighted by atomic mass is 19.3. The van der Waals surface area contributed by atoms with E-state index in [0.717, 1.165) is 0 Å². The molecule has 0 aliphatic rings. The number of alkyl halides is 2. The predicted octanol–water partition coefficient (Wildman–Crippen LogP) is 1.97. The van der Waals surface area contributed by atoms with E-state index < -0.39 is 18.9 Å². The minimum atomic E-state index is -2.60. The van der Waals surface area contributed by atoms with Crippen molar-refractivity contribution in [1.82, 2.24) is 4.98 Å². The number of nitrogens with zero attached hydrogens (tertiary/aromatic N) is 2. The third kappa shape index (κ3) is 4.41. The van der Waals surface area contributed by atoms with E-state index in [4.69, 9.17) is 10.2 Å². The number of carboxylic acids is 1. The molecule has 0 amide bonds. The number of halogens is 2. The third-order valence-electron chi connectivity index (χ3n) is 2.72. The number of aromatic carboxylic acids is 1. The van der Waals surface area contributed by atoms with Gasteiger partial charge in [0.15, 0.2) is 0 Å². The Morgan fingerprint density at radius 3 is 2.50 bits per heavy atom. The molecule has 2 N–H and O–H groups in total. The molecule has 1 rings (SSSR count). The number of carboxylic acid groups (broad SMARTS) is 1. The average Bonchev–Trinajstić information content (AvgIpc) is 2.37. The van der Waals surface area contributed by atoms with Gasteiger partial charge < -0.3 is 15.1 Å². The van der Waals surface area contributed by atoms with E-state index >= 15 is 0 Å². The molecule has 1 aromatic heterocycles. The molecule has 5 nitrogen and oxygen atoms in total. The van der Waals surface area contributed by atoms with Gasteiger partial charge in [0.1, 0.15) is 5.82 Å². The summed E-state index contributed by atoms with van der Waals surface area (Å²) in [5.41, 5.74) is 0.507. The molecule has 1 aromatic rings. The zero-order chi connectivity index (χ0) is 15.3. The molecule has 0 aromatic carbocycles. The lowest BCUT2D eigenvalue weighted by molar-refractivity contribution is 0.0696. The van der Waals surface area contributed by atoms with Gasteiger partial charge in [-0.05, 0) is 18.1 Å². The Bertz CT molecular complexity index is 467. The lowest BCUT2D eigenvalue weighted by atomic mass is 10.1. The Kier molecular flexibility index (Phi) is 5.82. The molecular weight excluding hydrogens is 270 g/mol. The normalized spacial score (nSPS) is 11.2. The maximum atomic E-state index is 12.5. The highest BCUT2D eigenvalue weighted by Crippen LogP contribution is 2.21. The molecule has 0 aliphatic carbocycles. The predicted molar refractivity (Wildman–Crippen MR) is 70.6 cm³/mol. The number of carbonyl (C=O) groups is 1. The van der Waals surface area contributed by atoms with E-state index in [2.05, 4.69) is 4.98 Å². The smallest absolute Gasteiger partial charge is 0.335 e. The first kappa shape index (κ1) is 16.3. The second-order valence-electron chi connectivity index (χ2n) is 4.66. The Morgan fingerprint density at radius 1 is 1.40 bits per heavy atom. The number of pyridine rings is 1. The summed E-state index contributed by atoms with van der Waals surface area (Å²) in [6.07, 6.45) is -2.60. The van der Waals surface area contributed by atoms with Gasteiger partial charge >= 0.3 is 5.97 Å². The summed E-state index contributed by atoms with van der Waals surface area (Å²) in [6.45, 7) is 2.72. The van der Waals surface area contributed by atoms with Crippen molar-refractivity contribution in [2.24, 2.45) is 0 Å². The van der Waals surface area contributed by atoms with Crippen LogP contribution < -0.4 is 4.90 Å². The van der Waals surface area contributed by atoms with E-state index in [1.807, 2.05) is 13.8 Å². The van der Waals surface area contributed by atoms with Crippen LogP contribution in [0, 0.1) is 0 Å². The first-order chi connectivity index (χ1) is 9.35. The van der Waals surface area contributed by atoms with Gasteiger partial charge in [-0.25, -0.2) is 18.6 Å². The molecule has 112 valence electrons. The molecule has 0 radical (unpaired) electrons. The van der Waals surface area contributed by atoms with Crippen molar-refractivity contribution in [3.8, 4) is 0 Å². The van der Waals surface area contributed by atoms with Gasteiger partial charge in [-0.2, -0.15) is 0 Å². The molecule has 0 unspecified atom stereocenters. The van der Waals surface area contributed by atoms with Crippen LogP contribution in [0.2, 0.25) is 0 Å². The summed E-state index contributed by atoms with van der Waals surface area (Å²) in [4.78, 5) is 16.5. The summed E-state index contributed by atoms with van der Waals surface area (Å²) in [6, 6.07) is 2.67. The van der Waals surface area contributed by atoms with E-state index in [0.29, 0.717) is 5.69 Å². The molecule has 0 fully saturated rings. The molecule has 1 heterocycles. The number of rotatable bonds is 7. The highest BCUT2D eigenvalue weighted by Gasteiger charge is 2.17. The van der Waals surface area contributed by atoms with Gasteiger partial charge in [0, 0.05) is 12.2 Å². The molecule has 0 aliphatic heterocycles. The van der Waals surface area contributed by atoms with Crippen LogP contribution in [0.3, 0.4) is 0 Å². The topological polar surface area (TPSA) is 73.7 Å². The van der Waals surface area contributed by atoms with Gasteiger partial charge in [0.25, 0.3) is 6.43 Å². The lowest BCUT2D eigenvalue weighted by Gasteiger charge is -2.23. The lowest BCUT2D eigenvalue weighted by Crippen LogP contribution is -2.32. The van der Waals surface area contributed by atoms with Gasteiger partial charge in [0.2, 0.25) is 0 Å². The maximum absolute atomic E-state index is 12.5. The average molecular weight is 288 g/mol. The number of anilines is 1. The molecule has 0 atom stereocenters. The Morgan fingerprint density at radius 2 is 2.05 bits per heavy atom. The molecule has 0 saturated heterocycles. The van der Waals surface area contributed by atoms with Gasteiger partial charge in [-0.1, -0.05) is 13.8 Å². The maximum Gasteiger partial charge on any atom is 0.335 e. The van der Waals surface area contributed by atoms with Gasteiger partial charge in [-0.3, -0.25) is 0 Å². The minimum absolute atomic E-state index is 0.00379. The summed E-state index contributed by atoms with van der Waals surface area (Å²) < 4.78 is 25.1. The van der Waals surface area contributed by atoms with Gasteiger partial charge in [-0.15, -0.1) is 0 Å². The van der Waals surface area contributed by atoms with Crippen molar-refractivity contribution in [1.29, 1.82) is 0 Å². The van der Waals surface area contributed by atoms with Crippen molar-refractivity contribution < 1.29 is 23.8 Å². The standard InChI is InChI=1S/C13H18F2N2O3/c1-8(2)10-5-9(13(19)20)6-12(16-10)17(3-4-18)7-11(14)15/h5-6,8,11,18H,3-4,7H2,1-2H3,(H,19,20). The van der Waals surface area contributed by atoms with Crippen LogP contribution >= 0.6 is 0 Å². The third-order valence-corrected chi connectivity index (χ3v) is 2.72. The molecule has 7 heteroatoms. The first-order valence-electron chi connectivity index (χ1n) is 6.24. The highest BCUT2D eigenvalue weighted by molar-refractivity contribution is 5.88. The Labute approximate surface area is 115 Å². The molecule has 0 saturated carbocycles. The van der Waals surface area contributed by atoms with Crippen LogP contribution in [0.25, 0.3) is 0 Å². The number of aromatic nitrogens is 1. The van der Waals surface area contributed by atoms with Crippen LogP contribution in [0.15, 0.2) is 12.1 Å². The van der Waals surface area contributed by atoms with Crippen LogP contribution in [0.1, 0.15) is 35.8 Å². The second-order valence-corrected chi connectivity index (χ2v) is 4.66. The fourth-order valence-electron chi connectivity index (χ4n) is 1.70. The van der Waals surface area contributed by atoms with Crippen molar-refractivity contribution in [3.63, 3.8) is 0 Å². The zero-order valence-corrected chi connectivity index (χ0v) is 11.4. The Balaban J connectivity index is 3.21. The number of hydrogen-bond donors (Lipinski definition) is 2. The van der Waals surface area contributed by atoms with Crippen LogP contribution in [0.5, 0.6) is 0 Å². The SMILES string of the molecule is CC(C)c1cc(C(=O)O)cc(N(CCO)CC(F)F)n1. The number of aliphatic hydroxyl groups excluding tert-OH is 1. The number of hydrogen-bond acceptors (Lipinski definition) is 4. The second kappa shape index (κ2) is 7.14. The summed E-state index contributed by atoms with van der Waals surface area (Å²) in [5, 5.41) is 18.0. The van der Waals surface area contributed by atoms with E-state index in [1.54, 1.807) is 0 Å². The van der Waals surface area contributed by atoms with E-state index in [-0.39, 0.29) is 30.5 Å². The molecular formula is C13H18F2N2O3. The zero-order valence-electron chi connectivity index (χ0n) is 11.4. The largest absolute Gasteiger partial charge is 0.478 e. The minimum Gasteiger partial charge on any atom is -0.478 e. The van der Waals surface area contributed by atoms with E-state index in [9.17, 15) is 13.6 Å². The summed E-state index contributed by atoms with van der Waals surface area (Å²) in [5.74, 6) is -1.03. The van der Waals surface area contributed by atoms with Crippen molar-refractivity contribution >= 4 is 11.8 Å². The number of aliphatic hydroxyl groups is 1. The molecule has 20 heavy (non-hydrogen) atoms. The quantitative estimate of drug-likeness (QED) is 0.802. The van der Waals surface area contributed by atoms with Crippen molar-refractivity contribution in [3.05, 3.63) is 23.4 Å². The fraction of sp³-hybridized carbons (Fsp3) is 0.538. The molecule has 0 spiro atoms. The van der Waals surface area contributed by atoms with Crippen molar-refractivity contribution in [2.75, 3.05) is 24.6 Å². The van der Waals surface area contributed by atoms with Crippen LogP contribution in [0.4, 0.5) is 14.6 Å². The van der Waals surface area contributed by atoms with Gasteiger partial charge in [0.05, 0.1) is 18.7 Å². The Hall–Kier alpha value is -1.76. The fourth-order valence-corrected chi connectivity index (χ4v) is 1.70. The molecule has 0 bridgehead atoms. The van der Waals surface area contributed by atoms with Crippen LogP contribution in [-0.2, 0) is 0 Å². The van der Waals surface area contributed by atoms with E-state index in [1.165, 1.54) is 17.0 Å². The summed E-state index contributed by atoms with van der Waals surface area (Å²) >= 11 is 0. The monoisotopic (exact) mass is 288 g/mol. The first-order valence-corrected chi connectivity index (χ1v) is 6.24. The van der Waals surface area contributed by atoms with Crippen LogP contribution in [-0.4, -0.2) is 47.3 Å².